The van der Waals surface area contributed by atoms with Crippen molar-refractivity contribution in [3.8, 4) is 10.7 Å². The normalized spacial score (nSPS) is 26.9. The number of carbonyl (C=O) groups excluding carboxylic acids is 1. The van der Waals surface area contributed by atoms with Crippen LogP contribution in [0.25, 0.3) is 21.6 Å². The minimum atomic E-state index is -0.321. The fraction of sp³-hybridized carbons (Fsp3) is 0.350. The van der Waals surface area contributed by atoms with Crippen molar-refractivity contribution >= 4 is 34.0 Å². The van der Waals surface area contributed by atoms with E-state index in [9.17, 15) is 4.79 Å². The number of benzene rings is 1. The van der Waals surface area contributed by atoms with E-state index in [4.69, 9.17) is 15.7 Å². The van der Waals surface area contributed by atoms with Gasteiger partial charge in [-0.15, -0.1) is 11.3 Å². The third-order valence-electron chi connectivity index (χ3n) is 5.74. The van der Waals surface area contributed by atoms with Crippen LogP contribution in [0.5, 0.6) is 0 Å². The summed E-state index contributed by atoms with van der Waals surface area (Å²) in [5.41, 5.74) is 12.8. The van der Waals surface area contributed by atoms with Gasteiger partial charge in [-0.25, -0.2) is 15.4 Å². The van der Waals surface area contributed by atoms with Gasteiger partial charge in [-0.2, -0.15) is 0 Å². The number of nitrogens with one attached hydrogen (secondary N) is 3. The summed E-state index contributed by atoms with van der Waals surface area (Å²) in [4.78, 5) is 22.4. The van der Waals surface area contributed by atoms with Crippen LogP contribution in [-0.4, -0.2) is 34.0 Å². The summed E-state index contributed by atoms with van der Waals surface area (Å²) in [7, 11) is 0. The zero-order chi connectivity index (χ0) is 19.1. The van der Waals surface area contributed by atoms with E-state index in [0.29, 0.717) is 6.04 Å². The number of hydrogen-bond acceptors (Lipinski definition) is 7. The van der Waals surface area contributed by atoms with Crippen molar-refractivity contribution in [2.24, 2.45) is 11.7 Å². The monoisotopic (exact) mass is 394 g/mol. The second-order valence-corrected chi connectivity index (χ2v) is 8.43. The quantitative estimate of drug-likeness (QED) is 0.541. The van der Waals surface area contributed by atoms with Gasteiger partial charge in [0.15, 0.2) is 5.82 Å². The van der Waals surface area contributed by atoms with Crippen molar-refractivity contribution in [1.29, 1.82) is 0 Å². The lowest BCUT2D eigenvalue weighted by Gasteiger charge is -2.33. The summed E-state index contributed by atoms with van der Waals surface area (Å²) < 4.78 is 0. The maximum Gasteiger partial charge on any atom is 0.236 e. The first-order valence-electron chi connectivity index (χ1n) is 9.56. The van der Waals surface area contributed by atoms with E-state index in [1.807, 2.05) is 41.8 Å². The zero-order valence-electron chi connectivity index (χ0n) is 15.3. The average Bonchev–Trinajstić information content (AvgIpc) is 3.37. The number of amides is 1. The molecular weight excluding hydrogens is 372 g/mol. The number of rotatable bonds is 4. The Morgan fingerprint density at radius 2 is 2.04 bits per heavy atom. The van der Waals surface area contributed by atoms with Crippen molar-refractivity contribution in [2.75, 3.05) is 5.32 Å². The van der Waals surface area contributed by atoms with Crippen LogP contribution in [-0.2, 0) is 4.79 Å². The van der Waals surface area contributed by atoms with Crippen LogP contribution < -0.4 is 21.9 Å². The summed E-state index contributed by atoms with van der Waals surface area (Å²) in [6.45, 7) is 0. The van der Waals surface area contributed by atoms with Crippen LogP contribution >= 0.6 is 11.3 Å². The third-order valence-corrected chi connectivity index (χ3v) is 6.61. The molecule has 28 heavy (non-hydrogen) atoms. The molecule has 0 spiro atoms. The van der Waals surface area contributed by atoms with Gasteiger partial charge in [0.1, 0.15) is 11.9 Å². The summed E-state index contributed by atoms with van der Waals surface area (Å²) in [5, 5.41) is 6.69. The molecule has 8 heteroatoms. The van der Waals surface area contributed by atoms with E-state index in [0.717, 1.165) is 46.7 Å². The highest BCUT2D eigenvalue weighted by atomic mass is 32.1. The third kappa shape index (κ3) is 3.13. The minimum Gasteiger partial charge on any atom is -0.368 e. The molecule has 0 radical (unpaired) electrons. The number of fused-ring (bicyclic) bond motifs is 2. The molecule has 1 aliphatic carbocycles. The van der Waals surface area contributed by atoms with Crippen LogP contribution in [0.4, 0.5) is 5.82 Å². The lowest BCUT2D eigenvalue weighted by atomic mass is 9.79. The Hall–Kier alpha value is -2.55. The molecule has 4 atom stereocenters. The number of carbonyl (C=O) groups is 1. The Kier molecular flexibility index (Phi) is 4.46. The highest BCUT2D eigenvalue weighted by molar-refractivity contribution is 7.13. The number of aromatic nitrogens is 2. The molecule has 1 aliphatic heterocycles. The molecule has 2 aliphatic rings. The van der Waals surface area contributed by atoms with Gasteiger partial charge in [-0.1, -0.05) is 18.2 Å². The molecule has 144 valence electrons. The Balaban J connectivity index is 1.45. The number of nitrogens with two attached hydrogens (primary N) is 1. The smallest absolute Gasteiger partial charge is 0.236 e. The number of hydrazine groups is 1. The molecule has 2 fully saturated rings. The molecule has 1 amide bonds. The van der Waals surface area contributed by atoms with Gasteiger partial charge in [0.25, 0.3) is 0 Å². The summed E-state index contributed by atoms with van der Waals surface area (Å²) in [6.07, 6.45) is 2.86. The van der Waals surface area contributed by atoms with E-state index in [-0.39, 0.29) is 23.9 Å². The molecule has 4 unspecified atom stereocenters. The van der Waals surface area contributed by atoms with E-state index >= 15 is 0 Å². The average molecular weight is 395 g/mol. The SMILES string of the molecule is NC(=O)C1NNC2CCC(Nc3nc(-c4cccs4)nc4ccccc34)CC21. The molecule has 3 aromatic rings. The Morgan fingerprint density at radius 1 is 1.14 bits per heavy atom. The van der Waals surface area contributed by atoms with Gasteiger partial charge in [-0.05, 0) is 42.8 Å². The second-order valence-electron chi connectivity index (χ2n) is 7.48. The van der Waals surface area contributed by atoms with E-state index < -0.39 is 0 Å². The molecule has 0 bridgehead atoms. The Morgan fingerprint density at radius 3 is 2.86 bits per heavy atom. The van der Waals surface area contributed by atoms with Gasteiger partial charge >= 0.3 is 0 Å². The van der Waals surface area contributed by atoms with Crippen LogP contribution in [0.2, 0.25) is 0 Å². The van der Waals surface area contributed by atoms with Crippen LogP contribution in [0.3, 0.4) is 0 Å². The molecule has 1 aromatic carbocycles. The highest BCUT2D eigenvalue weighted by Crippen LogP contribution is 2.34. The van der Waals surface area contributed by atoms with Gasteiger partial charge in [0.05, 0.1) is 10.4 Å². The van der Waals surface area contributed by atoms with Gasteiger partial charge in [0.2, 0.25) is 5.91 Å². The maximum atomic E-state index is 11.8. The van der Waals surface area contributed by atoms with Crippen LogP contribution in [0, 0.1) is 5.92 Å². The van der Waals surface area contributed by atoms with Crippen molar-refractivity contribution in [2.45, 2.75) is 37.4 Å². The van der Waals surface area contributed by atoms with Crippen molar-refractivity contribution < 1.29 is 4.79 Å². The van der Waals surface area contributed by atoms with Crippen molar-refractivity contribution in [3.63, 3.8) is 0 Å². The van der Waals surface area contributed by atoms with Crippen LogP contribution in [0.15, 0.2) is 41.8 Å². The number of nitrogens with zero attached hydrogens (tertiary/aromatic N) is 2. The van der Waals surface area contributed by atoms with E-state index in [1.54, 1.807) is 11.3 Å². The summed E-state index contributed by atoms with van der Waals surface area (Å²) >= 11 is 1.63. The molecule has 7 nitrogen and oxygen atoms in total. The Labute approximate surface area is 166 Å². The number of primary amides is 1. The number of hydrogen-bond donors (Lipinski definition) is 4. The molecule has 2 aromatic heterocycles. The van der Waals surface area contributed by atoms with Gasteiger partial charge < -0.3 is 11.1 Å². The first-order chi connectivity index (χ1) is 13.7. The number of para-hydroxylation sites is 1. The fourth-order valence-corrected chi connectivity index (χ4v) is 5.02. The molecule has 5 N–H and O–H groups in total. The largest absolute Gasteiger partial charge is 0.368 e. The minimum absolute atomic E-state index is 0.189. The lowest BCUT2D eigenvalue weighted by molar-refractivity contribution is -0.120. The van der Waals surface area contributed by atoms with Gasteiger partial charge in [0, 0.05) is 23.4 Å². The molecule has 3 heterocycles. The maximum absolute atomic E-state index is 11.8. The first-order valence-corrected chi connectivity index (χ1v) is 10.4. The number of anilines is 1. The summed E-state index contributed by atoms with van der Waals surface area (Å²) in [6, 6.07) is 12.3. The van der Waals surface area contributed by atoms with Gasteiger partial charge in [-0.3, -0.25) is 10.2 Å². The molecule has 1 saturated heterocycles. The fourth-order valence-electron chi connectivity index (χ4n) is 4.37. The first kappa shape index (κ1) is 17.5. The predicted octanol–water partition coefficient (Wildman–Crippen LogP) is 2.27. The van der Waals surface area contributed by atoms with Crippen LogP contribution in [0.1, 0.15) is 19.3 Å². The van der Waals surface area contributed by atoms with E-state index in [1.165, 1.54) is 0 Å². The highest BCUT2D eigenvalue weighted by Gasteiger charge is 2.42. The topological polar surface area (TPSA) is 105 Å². The zero-order valence-corrected chi connectivity index (χ0v) is 16.1. The summed E-state index contributed by atoms with van der Waals surface area (Å²) in [5.74, 6) is 1.48. The Bertz CT molecular complexity index is 1010. The standard InChI is InChI=1S/C20H22N6OS/c21-18(27)17-13-10-11(7-8-15(13)25-26-17)22-19-12-4-1-2-5-14(12)23-20(24-19)16-6-3-9-28-16/h1-6,9,11,13,15,17,25-26H,7-8,10H2,(H2,21,27)(H,22,23,24). The van der Waals surface area contributed by atoms with E-state index in [2.05, 4.69) is 16.2 Å². The predicted molar refractivity (Wildman–Crippen MR) is 111 cm³/mol. The molecule has 5 rings (SSSR count). The molecular formula is C20H22N6OS. The molecule has 1 saturated carbocycles. The number of thiophene rings is 1. The van der Waals surface area contributed by atoms with Crippen molar-refractivity contribution in [3.05, 3.63) is 41.8 Å². The second kappa shape index (κ2) is 7.12. The lowest BCUT2D eigenvalue weighted by Crippen LogP contribution is -2.44. The van der Waals surface area contributed by atoms with Crippen molar-refractivity contribution in [1.82, 2.24) is 20.8 Å².